The monoisotopic (exact) mass is 393 g/mol. The van der Waals surface area contributed by atoms with Crippen LogP contribution in [-0.2, 0) is 11.2 Å². The quantitative estimate of drug-likeness (QED) is 0.706. The summed E-state index contributed by atoms with van der Waals surface area (Å²) in [4.78, 5) is 18.4. The van der Waals surface area contributed by atoms with Gasteiger partial charge in [0.1, 0.15) is 0 Å². The van der Waals surface area contributed by atoms with Gasteiger partial charge in [0.15, 0.2) is 16.6 Å². The number of anilines is 3. The molecule has 3 heterocycles. The maximum Gasteiger partial charge on any atom is 0.231 e. The van der Waals surface area contributed by atoms with Crippen molar-refractivity contribution >= 4 is 33.8 Å². The Morgan fingerprint density at radius 2 is 2.07 bits per heavy atom. The van der Waals surface area contributed by atoms with E-state index in [1.54, 1.807) is 18.3 Å². The first-order chi connectivity index (χ1) is 13.7. The number of fused-ring (bicyclic) bond motifs is 2. The Labute approximate surface area is 166 Å². The SMILES string of the molecule is CC(=O)N1CCCc2cc(-c3csc(Nc4ccc5c(c4)OCO5)n3)ccc21. The van der Waals surface area contributed by atoms with Gasteiger partial charge in [-0.1, -0.05) is 6.07 Å². The van der Waals surface area contributed by atoms with Crippen LogP contribution in [0, 0.1) is 0 Å². The van der Waals surface area contributed by atoms with E-state index >= 15 is 0 Å². The average Bonchev–Trinajstić information content (AvgIpc) is 3.36. The van der Waals surface area contributed by atoms with Gasteiger partial charge in [0.2, 0.25) is 12.7 Å². The van der Waals surface area contributed by atoms with E-state index in [1.165, 1.54) is 5.56 Å². The van der Waals surface area contributed by atoms with Gasteiger partial charge in [-0.15, -0.1) is 11.3 Å². The van der Waals surface area contributed by atoms with Gasteiger partial charge in [-0.05, 0) is 42.7 Å². The first kappa shape index (κ1) is 17.1. The molecule has 1 N–H and O–H groups in total. The summed E-state index contributed by atoms with van der Waals surface area (Å²) in [5.41, 5.74) is 5.14. The van der Waals surface area contributed by atoms with Crippen LogP contribution in [0.5, 0.6) is 11.5 Å². The standard InChI is InChI=1S/C21H19N3O3S/c1-13(25)24-8-2-3-15-9-14(4-6-18(15)24)17-11-28-21(23-17)22-16-5-7-19-20(10-16)27-12-26-19/h4-7,9-11H,2-3,8,12H2,1H3,(H,22,23). The van der Waals surface area contributed by atoms with Gasteiger partial charge < -0.3 is 19.7 Å². The minimum absolute atomic E-state index is 0.0950. The van der Waals surface area contributed by atoms with Crippen molar-refractivity contribution < 1.29 is 14.3 Å². The number of aromatic nitrogens is 1. The number of hydrogen-bond acceptors (Lipinski definition) is 6. The predicted octanol–water partition coefficient (Wildman–Crippen LogP) is 4.58. The van der Waals surface area contributed by atoms with Gasteiger partial charge in [0.05, 0.1) is 5.69 Å². The van der Waals surface area contributed by atoms with Crippen LogP contribution in [0.15, 0.2) is 41.8 Å². The largest absolute Gasteiger partial charge is 0.454 e. The molecule has 0 bridgehead atoms. The minimum Gasteiger partial charge on any atom is -0.454 e. The van der Waals surface area contributed by atoms with Crippen LogP contribution in [0.4, 0.5) is 16.5 Å². The normalized spacial score (nSPS) is 14.7. The highest BCUT2D eigenvalue weighted by Gasteiger charge is 2.20. The Morgan fingerprint density at radius 1 is 1.18 bits per heavy atom. The molecule has 28 heavy (non-hydrogen) atoms. The number of benzene rings is 2. The molecule has 0 atom stereocenters. The Kier molecular flexibility index (Phi) is 4.16. The number of aryl methyl sites for hydroxylation is 1. The minimum atomic E-state index is 0.0950. The smallest absolute Gasteiger partial charge is 0.231 e. The molecule has 2 aliphatic heterocycles. The van der Waals surface area contributed by atoms with Crippen LogP contribution >= 0.6 is 11.3 Å². The van der Waals surface area contributed by atoms with E-state index in [-0.39, 0.29) is 12.7 Å². The summed E-state index contributed by atoms with van der Waals surface area (Å²) >= 11 is 1.56. The maximum atomic E-state index is 11.9. The molecule has 0 saturated heterocycles. The van der Waals surface area contributed by atoms with Crippen molar-refractivity contribution in [3.63, 3.8) is 0 Å². The number of hydrogen-bond donors (Lipinski definition) is 1. The second kappa shape index (κ2) is 6.83. The molecule has 1 aromatic heterocycles. The van der Waals surface area contributed by atoms with Crippen molar-refractivity contribution in [1.82, 2.24) is 4.98 Å². The molecule has 0 saturated carbocycles. The summed E-state index contributed by atoms with van der Waals surface area (Å²) in [5, 5.41) is 6.19. The lowest BCUT2D eigenvalue weighted by atomic mass is 9.98. The van der Waals surface area contributed by atoms with Crippen LogP contribution in [0.25, 0.3) is 11.3 Å². The molecular formula is C21H19N3O3S. The van der Waals surface area contributed by atoms with E-state index < -0.39 is 0 Å². The van der Waals surface area contributed by atoms with Crippen LogP contribution < -0.4 is 19.7 Å². The van der Waals surface area contributed by atoms with Crippen molar-refractivity contribution in [2.24, 2.45) is 0 Å². The van der Waals surface area contributed by atoms with Gasteiger partial charge in [-0.3, -0.25) is 4.79 Å². The second-order valence-corrected chi connectivity index (χ2v) is 7.71. The van der Waals surface area contributed by atoms with E-state index in [9.17, 15) is 4.79 Å². The summed E-state index contributed by atoms with van der Waals surface area (Å²) < 4.78 is 10.8. The zero-order chi connectivity index (χ0) is 19.1. The number of amides is 1. The topological polar surface area (TPSA) is 63.7 Å². The first-order valence-corrected chi connectivity index (χ1v) is 10.1. The highest BCUT2D eigenvalue weighted by Crippen LogP contribution is 2.37. The van der Waals surface area contributed by atoms with E-state index in [0.717, 1.165) is 58.6 Å². The zero-order valence-electron chi connectivity index (χ0n) is 15.4. The highest BCUT2D eigenvalue weighted by atomic mass is 32.1. The third kappa shape index (κ3) is 3.07. The van der Waals surface area contributed by atoms with Crippen LogP contribution in [0.1, 0.15) is 18.9 Å². The van der Waals surface area contributed by atoms with Gasteiger partial charge >= 0.3 is 0 Å². The van der Waals surface area contributed by atoms with Crippen molar-refractivity contribution in [3.05, 3.63) is 47.3 Å². The summed E-state index contributed by atoms with van der Waals surface area (Å²) in [6.07, 6.45) is 1.98. The molecular weight excluding hydrogens is 374 g/mol. The summed E-state index contributed by atoms with van der Waals surface area (Å²) in [6.45, 7) is 2.68. The molecule has 1 amide bonds. The Balaban J connectivity index is 1.38. The fourth-order valence-electron chi connectivity index (χ4n) is 3.65. The number of ether oxygens (including phenoxy) is 2. The molecule has 0 spiro atoms. The lowest BCUT2D eigenvalue weighted by molar-refractivity contribution is -0.116. The fraction of sp³-hybridized carbons (Fsp3) is 0.238. The first-order valence-electron chi connectivity index (χ1n) is 9.21. The lowest BCUT2D eigenvalue weighted by Gasteiger charge is -2.28. The van der Waals surface area contributed by atoms with Crippen molar-refractivity contribution in [1.29, 1.82) is 0 Å². The molecule has 5 rings (SSSR count). The van der Waals surface area contributed by atoms with E-state index in [0.29, 0.717) is 0 Å². The van der Waals surface area contributed by atoms with E-state index in [2.05, 4.69) is 11.4 Å². The molecule has 0 aliphatic carbocycles. The summed E-state index contributed by atoms with van der Waals surface area (Å²) in [5.74, 6) is 1.60. The molecule has 6 nitrogen and oxygen atoms in total. The van der Waals surface area contributed by atoms with Crippen molar-refractivity contribution in [3.8, 4) is 22.8 Å². The molecule has 142 valence electrons. The molecule has 0 unspecified atom stereocenters. The summed E-state index contributed by atoms with van der Waals surface area (Å²) in [7, 11) is 0. The fourth-order valence-corrected chi connectivity index (χ4v) is 4.38. The van der Waals surface area contributed by atoms with E-state index in [1.807, 2.05) is 40.6 Å². The Morgan fingerprint density at radius 3 is 2.96 bits per heavy atom. The molecule has 0 radical (unpaired) electrons. The van der Waals surface area contributed by atoms with Gasteiger partial charge in [0.25, 0.3) is 0 Å². The number of carbonyl (C=O) groups is 1. The highest BCUT2D eigenvalue weighted by molar-refractivity contribution is 7.14. The number of carbonyl (C=O) groups excluding carboxylic acids is 1. The van der Waals surface area contributed by atoms with Gasteiger partial charge in [0, 0.05) is 41.9 Å². The zero-order valence-corrected chi connectivity index (χ0v) is 16.2. The van der Waals surface area contributed by atoms with Gasteiger partial charge in [-0.25, -0.2) is 4.98 Å². The van der Waals surface area contributed by atoms with Gasteiger partial charge in [-0.2, -0.15) is 0 Å². The molecule has 7 heteroatoms. The predicted molar refractivity (Wildman–Crippen MR) is 110 cm³/mol. The maximum absolute atomic E-state index is 11.9. The third-order valence-electron chi connectivity index (χ3n) is 5.00. The third-order valence-corrected chi connectivity index (χ3v) is 5.76. The van der Waals surface area contributed by atoms with Crippen LogP contribution in [0.3, 0.4) is 0 Å². The molecule has 0 fully saturated rings. The van der Waals surface area contributed by atoms with E-state index in [4.69, 9.17) is 14.5 Å². The number of nitrogens with zero attached hydrogens (tertiary/aromatic N) is 2. The molecule has 3 aromatic rings. The van der Waals surface area contributed by atoms with Crippen LogP contribution in [-0.4, -0.2) is 24.2 Å². The molecule has 2 aliphatic rings. The van der Waals surface area contributed by atoms with Crippen molar-refractivity contribution in [2.45, 2.75) is 19.8 Å². The van der Waals surface area contributed by atoms with Crippen LogP contribution in [0.2, 0.25) is 0 Å². The second-order valence-electron chi connectivity index (χ2n) is 6.85. The molecule has 2 aromatic carbocycles. The summed E-state index contributed by atoms with van der Waals surface area (Å²) in [6, 6.07) is 12.0. The van der Waals surface area contributed by atoms with Crippen molar-refractivity contribution in [2.75, 3.05) is 23.6 Å². The average molecular weight is 393 g/mol. The lowest BCUT2D eigenvalue weighted by Crippen LogP contribution is -2.33. The number of thiazole rings is 1. The Bertz CT molecular complexity index is 1060. The number of rotatable bonds is 3. The number of nitrogens with one attached hydrogen (secondary N) is 1. The Hall–Kier alpha value is -3.06.